The predicted molar refractivity (Wildman–Crippen MR) is 144 cm³/mol. The third kappa shape index (κ3) is 6.77. The maximum absolute atomic E-state index is 12.7. The van der Waals surface area contributed by atoms with Gasteiger partial charge in [-0.1, -0.05) is 53.7 Å². The van der Waals surface area contributed by atoms with Gasteiger partial charge in [0.1, 0.15) is 5.82 Å². The fraction of sp³-hybridized carbons (Fsp3) is 0.185. The van der Waals surface area contributed by atoms with Gasteiger partial charge < -0.3 is 10.1 Å². The summed E-state index contributed by atoms with van der Waals surface area (Å²) >= 11 is 3.00. The minimum Gasteiger partial charge on any atom is -0.462 e. The fourth-order valence-corrected chi connectivity index (χ4v) is 4.95. The summed E-state index contributed by atoms with van der Waals surface area (Å²) in [7, 11) is 0. The second-order valence-corrected chi connectivity index (χ2v) is 9.80. The van der Waals surface area contributed by atoms with E-state index >= 15 is 0 Å². The molecule has 3 aromatic carbocycles. The lowest BCUT2D eigenvalue weighted by molar-refractivity contribution is -0.113. The average Bonchev–Trinajstić information content (AvgIpc) is 3.31. The Kier molecular flexibility index (Phi) is 8.80. The van der Waals surface area contributed by atoms with E-state index in [4.69, 9.17) is 4.74 Å². The van der Waals surface area contributed by atoms with E-state index in [0.29, 0.717) is 28.8 Å². The van der Waals surface area contributed by atoms with E-state index in [0.717, 1.165) is 16.4 Å². The Labute approximate surface area is 218 Å². The van der Waals surface area contributed by atoms with Crippen LogP contribution in [0.4, 0.5) is 5.69 Å². The number of aryl methyl sites for hydroxylation is 1. The van der Waals surface area contributed by atoms with Gasteiger partial charge in [-0.3, -0.25) is 9.36 Å². The van der Waals surface area contributed by atoms with Crippen LogP contribution in [0.25, 0.3) is 5.69 Å². The monoisotopic (exact) mass is 518 g/mol. The maximum atomic E-state index is 12.7. The second kappa shape index (κ2) is 12.4. The Morgan fingerprint density at radius 1 is 0.944 bits per heavy atom. The van der Waals surface area contributed by atoms with Gasteiger partial charge in [0.15, 0.2) is 5.16 Å². The molecule has 1 amide bonds. The molecule has 0 saturated carbocycles. The number of hydrogen-bond donors (Lipinski definition) is 1. The van der Waals surface area contributed by atoms with E-state index in [-0.39, 0.29) is 11.7 Å². The van der Waals surface area contributed by atoms with Crippen molar-refractivity contribution >= 4 is 41.1 Å². The molecule has 0 unspecified atom stereocenters. The van der Waals surface area contributed by atoms with Gasteiger partial charge in [0.2, 0.25) is 5.91 Å². The van der Waals surface area contributed by atoms with Crippen molar-refractivity contribution in [1.82, 2.24) is 14.8 Å². The molecule has 1 heterocycles. The van der Waals surface area contributed by atoms with Gasteiger partial charge in [0.05, 0.1) is 23.7 Å². The summed E-state index contributed by atoms with van der Waals surface area (Å²) in [6, 6.07) is 24.9. The van der Waals surface area contributed by atoms with Gasteiger partial charge >= 0.3 is 5.97 Å². The van der Waals surface area contributed by atoms with E-state index in [9.17, 15) is 9.59 Å². The van der Waals surface area contributed by atoms with Crippen LogP contribution < -0.4 is 5.32 Å². The van der Waals surface area contributed by atoms with Crippen LogP contribution in [0.2, 0.25) is 0 Å². The van der Waals surface area contributed by atoms with Crippen LogP contribution in [-0.2, 0) is 15.3 Å². The van der Waals surface area contributed by atoms with Crippen LogP contribution >= 0.6 is 23.5 Å². The number of carbonyl (C=O) groups is 2. The number of nitrogens with zero attached hydrogens (tertiary/aromatic N) is 3. The molecule has 1 N–H and O–H groups in total. The molecule has 0 radical (unpaired) electrons. The lowest BCUT2D eigenvalue weighted by Crippen LogP contribution is -2.15. The summed E-state index contributed by atoms with van der Waals surface area (Å²) < 4.78 is 7.02. The van der Waals surface area contributed by atoms with Crippen LogP contribution in [0.1, 0.15) is 28.7 Å². The number of anilines is 1. The number of hydrogen-bond acceptors (Lipinski definition) is 7. The summed E-state index contributed by atoms with van der Waals surface area (Å²) in [6.07, 6.45) is 0. The molecule has 7 nitrogen and oxygen atoms in total. The zero-order valence-corrected chi connectivity index (χ0v) is 21.6. The first-order valence-corrected chi connectivity index (χ1v) is 13.4. The average molecular weight is 519 g/mol. The molecule has 0 saturated heterocycles. The van der Waals surface area contributed by atoms with E-state index in [1.54, 1.807) is 43.0 Å². The highest BCUT2D eigenvalue weighted by molar-refractivity contribution is 7.99. The van der Waals surface area contributed by atoms with E-state index in [1.807, 2.05) is 34.9 Å². The van der Waals surface area contributed by atoms with Crippen molar-refractivity contribution in [1.29, 1.82) is 0 Å². The van der Waals surface area contributed by atoms with Crippen LogP contribution in [0.5, 0.6) is 0 Å². The van der Waals surface area contributed by atoms with Crippen molar-refractivity contribution in [2.45, 2.75) is 29.7 Å². The molecule has 0 aliphatic rings. The lowest BCUT2D eigenvalue weighted by Gasteiger charge is -2.11. The van der Waals surface area contributed by atoms with E-state index in [2.05, 4.69) is 46.7 Å². The SMILES string of the molecule is CCOC(=O)c1cccc(NC(=O)CSc2nnc(CSc3ccc(C)cc3)n2-c2ccccc2)c1. The highest BCUT2D eigenvalue weighted by Crippen LogP contribution is 2.27. The Morgan fingerprint density at radius 3 is 2.47 bits per heavy atom. The molecule has 9 heteroatoms. The largest absolute Gasteiger partial charge is 0.462 e. The van der Waals surface area contributed by atoms with Crippen molar-refractivity contribution in [3.63, 3.8) is 0 Å². The molecular formula is C27H26N4O3S2. The molecule has 1 aromatic heterocycles. The van der Waals surface area contributed by atoms with E-state index < -0.39 is 5.97 Å². The predicted octanol–water partition coefficient (Wildman–Crippen LogP) is 5.78. The second-order valence-electron chi connectivity index (χ2n) is 7.81. The molecule has 0 fully saturated rings. The van der Waals surface area contributed by atoms with Crippen molar-refractivity contribution in [2.24, 2.45) is 0 Å². The normalized spacial score (nSPS) is 10.7. The molecule has 0 spiro atoms. The number of esters is 1. The van der Waals surface area contributed by atoms with Crippen LogP contribution in [-0.4, -0.2) is 39.0 Å². The number of aromatic nitrogens is 3. The number of thioether (sulfide) groups is 2. The first kappa shape index (κ1) is 25.5. The van der Waals surface area contributed by atoms with Gasteiger partial charge in [-0.25, -0.2) is 4.79 Å². The van der Waals surface area contributed by atoms with Crippen LogP contribution in [0, 0.1) is 6.92 Å². The minimum absolute atomic E-state index is 0.139. The van der Waals surface area contributed by atoms with Gasteiger partial charge in [0, 0.05) is 16.3 Å². The highest BCUT2D eigenvalue weighted by Gasteiger charge is 2.17. The van der Waals surface area contributed by atoms with Crippen molar-refractivity contribution in [3.8, 4) is 5.69 Å². The topological polar surface area (TPSA) is 86.1 Å². The first-order valence-electron chi connectivity index (χ1n) is 11.4. The third-order valence-electron chi connectivity index (χ3n) is 5.09. The Hall–Kier alpha value is -3.56. The molecule has 0 atom stereocenters. The molecule has 4 rings (SSSR count). The first-order chi connectivity index (χ1) is 17.5. The zero-order valence-electron chi connectivity index (χ0n) is 20.0. The van der Waals surface area contributed by atoms with Gasteiger partial charge in [-0.05, 0) is 56.3 Å². The Bertz CT molecular complexity index is 1320. The molecule has 184 valence electrons. The number of carbonyl (C=O) groups excluding carboxylic acids is 2. The number of ether oxygens (including phenoxy) is 1. The summed E-state index contributed by atoms with van der Waals surface area (Å²) in [6.45, 7) is 4.11. The highest BCUT2D eigenvalue weighted by atomic mass is 32.2. The molecule has 4 aromatic rings. The standard InChI is InChI=1S/C27H26N4O3S2/c1-3-34-26(33)20-8-7-9-21(16-20)28-25(32)18-36-27-30-29-24(31(27)22-10-5-4-6-11-22)17-35-23-14-12-19(2)13-15-23/h4-16H,3,17-18H2,1-2H3,(H,28,32). The van der Waals surface area contributed by atoms with E-state index in [1.165, 1.54) is 17.3 Å². The smallest absolute Gasteiger partial charge is 0.338 e. The Balaban J connectivity index is 1.45. The fourth-order valence-electron chi connectivity index (χ4n) is 3.37. The summed E-state index contributed by atoms with van der Waals surface area (Å²) in [5, 5.41) is 12.3. The molecule has 0 aliphatic carbocycles. The molecule has 36 heavy (non-hydrogen) atoms. The number of para-hydroxylation sites is 1. The summed E-state index contributed by atoms with van der Waals surface area (Å²) in [4.78, 5) is 25.8. The van der Waals surface area contributed by atoms with Crippen LogP contribution in [0.3, 0.4) is 0 Å². The molecule has 0 aliphatic heterocycles. The maximum Gasteiger partial charge on any atom is 0.338 e. The Morgan fingerprint density at radius 2 is 1.72 bits per heavy atom. The van der Waals surface area contributed by atoms with Crippen molar-refractivity contribution < 1.29 is 14.3 Å². The van der Waals surface area contributed by atoms with Gasteiger partial charge in [-0.2, -0.15) is 0 Å². The number of rotatable bonds is 10. The molecular weight excluding hydrogens is 492 g/mol. The minimum atomic E-state index is -0.421. The summed E-state index contributed by atoms with van der Waals surface area (Å²) in [5.41, 5.74) is 3.08. The third-order valence-corrected chi connectivity index (χ3v) is 7.03. The number of amides is 1. The zero-order chi connectivity index (χ0) is 25.3. The summed E-state index contributed by atoms with van der Waals surface area (Å²) in [5.74, 6) is 0.948. The number of benzene rings is 3. The van der Waals surface area contributed by atoms with Gasteiger partial charge in [0.25, 0.3) is 0 Å². The number of nitrogens with one attached hydrogen (secondary N) is 1. The van der Waals surface area contributed by atoms with Crippen molar-refractivity contribution in [3.05, 3.63) is 95.8 Å². The quantitative estimate of drug-likeness (QED) is 0.210. The lowest BCUT2D eigenvalue weighted by atomic mass is 10.2. The van der Waals surface area contributed by atoms with Gasteiger partial charge in [-0.15, -0.1) is 22.0 Å². The van der Waals surface area contributed by atoms with Crippen LogP contribution in [0.15, 0.2) is 88.9 Å². The van der Waals surface area contributed by atoms with Crippen molar-refractivity contribution in [2.75, 3.05) is 17.7 Å². The molecule has 0 bridgehead atoms.